The number of methoxy groups -OCH3 is 2. The van der Waals surface area contributed by atoms with Crippen molar-refractivity contribution in [1.82, 2.24) is 10.2 Å². The van der Waals surface area contributed by atoms with Crippen molar-refractivity contribution in [3.8, 4) is 11.5 Å². The first-order chi connectivity index (χ1) is 15.5. The van der Waals surface area contributed by atoms with Crippen molar-refractivity contribution in [2.24, 2.45) is 0 Å². The summed E-state index contributed by atoms with van der Waals surface area (Å²) in [6, 6.07) is 12.9. The Balaban J connectivity index is 1.80. The van der Waals surface area contributed by atoms with E-state index in [1.807, 2.05) is 0 Å². The van der Waals surface area contributed by atoms with Gasteiger partial charge in [0.15, 0.2) is 0 Å². The first kappa shape index (κ1) is 23.9. The van der Waals surface area contributed by atoms with E-state index >= 15 is 0 Å². The van der Waals surface area contributed by atoms with E-state index in [9.17, 15) is 13.2 Å². The molecule has 1 aliphatic rings. The first-order valence-electron chi connectivity index (χ1n) is 10.7. The van der Waals surface area contributed by atoms with Gasteiger partial charge in [-0.2, -0.15) is 0 Å². The van der Waals surface area contributed by atoms with Crippen LogP contribution in [0.25, 0.3) is 0 Å². The van der Waals surface area contributed by atoms with Crippen molar-refractivity contribution in [2.75, 3.05) is 51.2 Å². The van der Waals surface area contributed by atoms with E-state index in [2.05, 4.69) is 10.2 Å². The lowest BCUT2D eigenvalue weighted by Gasteiger charge is -2.26. The van der Waals surface area contributed by atoms with Gasteiger partial charge in [-0.1, -0.05) is 18.2 Å². The number of rotatable bonds is 11. The molecular formula is C23H31N3O5S. The van der Waals surface area contributed by atoms with Gasteiger partial charge in [-0.3, -0.25) is 9.10 Å². The zero-order valence-corrected chi connectivity index (χ0v) is 19.4. The van der Waals surface area contributed by atoms with E-state index in [0.717, 1.165) is 30.4 Å². The Hall–Kier alpha value is -2.78. The van der Waals surface area contributed by atoms with Crippen LogP contribution in [0.2, 0.25) is 0 Å². The highest BCUT2D eigenvalue weighted by atomic mass is 32.2. The number of benzene rings is 2. The number of nitrogens with zero attached hydrogens (tertiary/aromatic N) is 2. The molecule has 1 aliphatic heterocycles. The molecule has 1 fully saturated rings. The van der Waals surface area contributed by atoms with E-state index in [1.54, 1.807) is 36.4 Å². The van der Waals surface area contributed by atoms with Gasteiger partial charge in [-0.15, -0.1) is 0 Å². The Labute approximate surface area is 190 Å². The summed E-state index contributed by atoms with van der Waals surface area (Å²) in [4.78, 5) is 15.2. The number of ether oxygens (including phenoxy) is 2. The van der Waals surface area contributed by atoms with Gasteiger partial charge in [0.2, 0.25) is 5.91 Å². The molecule has 1 heterocycles. The van der Waals surface area contributed by atoms with Crippen LogP contribution in [-0.4, -0.2) is 66.2 Å². The van der Waals surface area contributed by atoms with Crippen LogP contribution < -0.4 is 19.1 Å². The number of hydrogen-bond acceptors (Lipinski definition) is 6. The second-order valence-corrected chi connectivity index (χ2v) is 9.48. The Morgan fingerprint density at radius 2 is 1.78 bits per heavy atom. The molecule has 1 saturated heterocycles. The van der Waals surface area contributed by atoms with Gasteiger partial charge < -0.3 is 19.7 Å². The van der Waals surface area contributed by atoms with Crippen molar-refractivity contribution in [3.05, 3.63) is 48.5 Å². The molecule has 3 rings (SSSR count). The molecule has 8 nitrogen and oxygen atoms in total. The normalized spacial score (nSPS) is 14.2. The molecule has 0 bridgehead atoms. The molecule has 1 amide bonds. The fourth-order valence-corrected chi connectivity index (χ4v) is 5.18. The van der Waals surface area contributed by atoms with Gasteiger partial charge in [0.05, 0.1) is 24.8 Å². The zero-order valence-electron chi connectivity index (χ0n) is 18.6. The van der Waals surface area contributed by atoms with Crippen LogP contribution in [0.15, 0.2) is 53.4 Å². The van der Waals surface area contributed by atoms with Crippen LogP contribution in [-0.2, 0) is 14.8 Å². The Morgan fingerprint density at radius 1 is 1.06 bits per heavy atom. The summed E-state index contributed by atoms with van der Waals surface area (Å²) in [5, 5.41) is 2.85. The highest BCUT2D eigenvalue weighted by Gasteiger charge is 2.29. The Kier molecular flexibility index (Phi) is 8.35. The molecule has 0 unspecified atom stereocenters. The lowest BCUT2D eigenvalue weighted by molar-refractivity contribution is -0.119. The second kappa shape index (κ2) is 11.2. The van der Waals surface area contributed by atoms with Crippen LogP contribution in [0.1, 0.15) is 19.3 Å². The molecule has 1 N–H and O–H groups in total. The van der Waals surface area contributed by atoms with Crippen LogP contribution in [0, 0.1) is 0 Å². The smallest absolute Gasteiger partial charge is 0.264 e. The number of carbonyl (C=O) groups excluding carboxylic acids is 1. The van der Waals surface area contributed by atoms with Crippen LogP contribution in [0.4, 0.5) is 5.69 Å². The van der Waals surface area contributed by atoms with Crippen LogP contribution in [0.5, 0.6) is 11.5 Å². The molecule has 0 saturated carbocycles. The van der Waals surface area contributed by atoms with Gasteiger partial charge >= 0.3 is 0 Å². The fraction of sp³-hybridized carbons (Fsp3) is 0.435. The lowest BCUT2D eigenvalue weighted by Crippen LogP contribution is -2.41. The van der Waals surface area contributed by atoms with Crippen molar-refractivity contribution in [2.45, 2.75) is 24.2 Å². The molecule has 0 aliphatic carbocycles. The molecule has 9 heteroatoms. The van der Waals surface area contributed by atoms with Crippen molar-refractivity contribution in [3.63, 3.8) is 0 Å². The van der Waals surface area contributed by atoms with Crippen molar-refractivity contribution in [1.29, 1.82) is 0 Å². The van der Waals surface area contributed by atoms with Crippen molar-refractivity contribution >= 4 is 21.6 Å². The first-order valence-corrected chi connectivity index (χ1v) is 12.2. The Morgan fingerprint density at radius 3 is 2.44 bits per heavy atom. The number of amides is 1. The zero-order chi connectivity index (χ0) is 23.0. The molecule has 0 aromatic heterocycles. The molecular weight excluding hydrogens is 430 g/mol. The van der Waals surface area contributed by atoms with Crippen LogP contribution >= 0.6 is 0 Å². The summed E-state index contributed by atoms with van der Waals surface area (Å²) >= 11 is 0. The highest BCUT2D eigenvalue weighted by Crippen LogP contribution is 2.35. The number of hydrogen-bond donors (Lipinski definition) is 1. The molecule has 32 heavy (non-hydrogen) atoms. The molecule has 2 aromatic carbocycles. The lowest BCUT2D eigenvalue weighted by atomic mass is 10.2. The van der Waals surface area contributed by atoms with Gasteiger partial charge in [-0.05, 0) is 63.2 Å². The fourth-order valence-electron chi connectivity index (χ4n) is 3.73. The molecule has 174 valence electrons. The maximum absolute atomic E-state index is 13.5. The standard InChI is InChI=1S/C23H31N3O5S/c1-30-19-11-12-22(31-2)21(17-19)26(32(28,29)20-9-4-3-5-10-20)18-23(27)24-13-8-16-25-14-6-7-15-25/h3-5,9-12,17H,6-8,13-16,18H2,1-2H3,(H,24,27). The molecule has 2 aromatic rings. The van der Waals surface area contributed by atoms with Gasteiger partial charge in [-0.25, -0.2) is 8.42 Å². The molecule has 0 spiro atoms. The maximum Gasteiger partial charge on any atom is 0.264 e. The van der Waals surface area contributed by atoms with E-state index in [4.69, 9.17) is 9.47 Å². The average Bonchev–Trinajstić information content (AvgIpc) is 3.34. The maximum atomic E-state index is 13.5. The van der Waals surface area contributed by atoms with Crippen LogP contribution in [0.3, 0.4) is 0 Å². The number of sulfonamides is 1. The van der Waals surface area contributed by atoms with Gasteiger partial charge in [0, 0.05) is 12.6 Å². The summed E-state index contributed by atoms with van der Waals surface area (Å²) in [7, 11) is -1.07. The van der Waals surface area contributed by atoms with E-state index < -0.39 is 10.0 Å². The average molecular weight is 462 g/mol. The SMILES string of the molecule is COc1ccc(OC)c(N(CC(=O)NCCCN2CCCC2)S(=O)(=O)c2ccccc2)c1. The van der Waals surface area contributed by atoms with Gasteiger partial charge in [0.1, 0.15) is 18.0 Å². The monoisotopic (exact) mass is 461 g/mol. The minimum absolute atomic E-state index is 0.0895. The minimum Gasteiger partial charge on any atom is -0.497 e. The predicted molar refractivity (Wildman–Crippen MR) is 124 cm³/mol. The summed E-state index contributed by atoms with van der Waals surface area (Å²) < 4.78 is 38.7. The summed E-state index contributed by atoms with van der Waals surface area (Å²) in [5.74, 6) is 0.406. The summed E-state index contributed by atoms with van der Waals surface area (Å²) in [6.07, 6.45) is 3.27. The summed E-state index contributed by atoms with van der Waals surface area (Å²) in [5.41, 5.74) is 0.239. The highest BCUT2D eigenvalue weighted by molar-refractivity contribution is 7.92. The third-order valence-corrected chi connectivity index (χ3v) is 7.22. The molecule has 0 atom stereocenters. The quantitative estimate of drug-likeness (QED) is 0.518. The molecule has 0 radical (unpaired) electrons. The number of nitrogens with one attached hydrogen (secondary N) is 1. The number of anilines is 1. The van der Waals surface area contributed by atoms with E-state index in [0.29, 0.717) is 18.0 Å². The number of carbonyl (C=O) groups is 1. The topological polar surface area (TPSA) is 88.2 Å². The minimum atomic E-state index is -4.02. The largest absolute Gasteiger partial charge is 0.497 e. The summed E-state index contributed by atoms with van der Waals surface area (Å²) in [6.45, 7) is 3.25. The van der Waals surface area contributed by atoms with E-state index in [-0.39, 0.29) is 23.0 Å². The Bertz CT molecular complexity index is 992. The predicted octanol–water partition coefficient (Wildman–Crippen LogP) is 2.50. The number of likely N-dealkylation sites (tertiary alicyclic amines) is 1. The van der Waals surface area contributed by atoms with Crippen molar-refractivity contribution < 1.29 is 22.7 Å². The second-order valence-electron chi connectivity index (χ2n) is 7.61. The third-order valence-electron chi connectivity index (χ3n) is 5.45. The van der Waals surface area contributed by atoms with Gasteiger partial charge in [0.25, 0.3) is 10.0 Å². The third kappa shape index (κ3) is 5.92. The van der Waals surface area contributed by atoms with E-state index in [1.165, 1.54) is 39.2 Å².